The van der Waals surface area contributed by atoms with Crippen molar-refractivity contribution in [2.24, 2.45) is 0 Å². The van der Waals surface area contributed by atoms with Crippen molar-refractivity contribution in [2.75, 3.05) is 26.6 Å². The molecule has 0 aliphatic heterocycles. The van der Waals surface area contributed by atoms with Crippen molar-refractivity contribution >= 4 is 51.5 Å². The lowest BCUT2D eigenvalue weighted by Gasteiger charge is -2.23. The minimum Gasteiger partial charge on any atom is -0.469 e. The molecule has 0 radical (unpaired) electrons. The predicted octanol–water partition coefficient (Wildman–Crippen LogP) is 2.85. The Morgan fingerprint density at radius 3 is 1.91 bits per heavy atom. The van der Waals surface area contributed by atoms with E-state index in [1.54, 1.807) is 20.8 Å². The van der Waals surface area contributed by atoms with Gasteiger partial charge in [-0.2, -0.15) is 0 Å². The number of rotatable bonds is 12. The topological polar surface area (TPSA) is 146 Å². The Hall–Kier alpha value is -2.15. The first kappa shape index (κ1) is 31.9. The predicted molar refractivity (Wildman–Crippen MR) is 130 cm³/mol. The van der Waals surface area contributed by atoms with E-state index in [9.17, 15) is 24.0 Å². The van der Waals surface area contributed by atoms with Crippen molar-refractivity contribution < 1.29 is 42.9 Å². The minimum atomic E-state index is -1.31. The third kappa shape index (κ3) is 15.6. The number of nitrogens with one attached hydrogen (secondary N) is 2. The number of carbonyl (C=O) groups is 5. The van der Waals surface area contributed by atoms with Gasteiger partial charge in [-0.05, 0) is 20.8 Å². The Balaban J connectivity index is 5.08. The largest absolute Gasteiger partial charge is 0.469 e. The summed E-state index contributed by atoms with van der Waals surface area (Å²) in [6, 6.07) is -2.25. The van der Waals surface area contributed by atoms with Crippen LogP contribution >= 0.6 is 21.6 Å². The van der Waals surface area contributed by atoms with Gasteiger partial charge in [0, 0.05) is 16.9 Å². The Labute approximate surface area is 208 Å². The molecule has 0 aromatic carbocycles. The summed E-state index contributed by atoms with van der Waals surface area (Å²) in [4.78, 5) is 60.2. The summed E-state index contributed by atoms with van der Waals surface area (Å²) in [5, 5.41) is 4.73. The number of esters is 2. The molecule has 0 aromatic rings. The van der Waals surface area contributed by atoms with Gasteiger partial charge in [-0.15, -0.1) is 0 Å². The lowest BCUT2D eigenvalue weighted by molar-refractivity contribution is -0.144. The van der Waals surface area contributed by atoms with E-state index in [4.69, 9.17) is 9.47 Å². The number of alkyl carbamates (subject to hydrolysis) is 2. The van der Waals surface area contributed by atoms with Crippen LogP contribution in [0.5, 0.6) is 0 Å². The summed E-state index contributed by atoms with van der Waals surface area (Å²) < 4.78 is 19.2. The molecule has 0 aliphatic rings. The van der Waals surface area contributed by atoms with Gasteiger partial charge in [0.1, 0.15) is 18.2 Å². The summed E-state index contributed by atoms with van der Waals surface area (Å²) in [6.07, 6.45) is -2.11. The Morgan fingerprint density at radius 1 is 0.824 bits per heavy atom. The van der Waals surface area contributed by atoms with Crippen LogP contribution in [-0.2, 0) is 33.3 Å². The fraction of sp³-hybridized carbons (Fsp3) is 0.762. The monoisotopic (exact) mass is 524 g/mol. The zero-order valence-corrected chi connectivity index (χ0v) is 22.6. The normalized spacial score (nSPS) is 13.2. The molecule has 0 aliphatic carbocycles. The van der Waals surface area contributed by atoms with Crippen LogP contribution in [0, 0.1) is 0 Å². The zero-order valence-electron chi connectivity index (χ0n) is 21.0. The summed E-state index contributed by atoms with van der Waals surface area (Å²) in [5.74, 6) is -1.53. The molecule has 0 fully saturated rings. The van der Waals surface area contributed by atoms with E-state index in [0.29, 0.717) is 0 Å². The second-order valence-electron chi connectivity index (χ2n) is 9.04. The summed E-state index contributed by atoms with van der Waals surface area (Å²) in [5.41, 5.74) is -0.802. The van der Waals surface area contributed by atoms with Gasteiger partial charge in [0.15, 0.2) is 11.8 Å². The average molecular weight is 525 g/mol. The van der Waals surface area contributed by atoms with E-state index >= 15 is 0 Å². The van der Waals surface area contributed by atoms with Crippen molar-refractivity contribution in [3.63, 3.8) is 0 Å². The molecule has 196 valence electrons. The van der Waals surface area contributed by atoms with Crippen molar-refractivity contribution in [3.8, 4) is 0 Å². The SMILES string of the molecule is COC(=O)CCC(=O)[C@H](CSSC(C)(C)C)NC(=O)OC[C@H](NC(=O)OC(C)(C)C)C(=O)OC. The molecule has 34 heavy (non-hydrogen) atoms. The molecule has 0 unspecified atom stereocenters. The zero-order chi connectivity index (χ0) is 26.5. The van der Waals surface area contributed by atoms with Gasteiger partial charge in [-0.25, -0.2) is 14.4 Å². The van der Waals surface area contributed by atoms with Gasteiger partial charge >= 0.3 is 24.1 Å². The number of carbonyl (C=O) groups excluding carboxylic acids is 5. The van der Waals surface area contributed by atoms with E-state index in [1.807, 2.05) is 20.8 Å². The lowest BCUT2D eigenvalue weighted by atomic mass is 10.1. The smallest absolute Gasteiger partial charge is 0.408 e. The Morgan fingerprint density at radius 2 is 1.41 bits per heavy atom. The first-order valence-corrected chi connectivity index (χ1v) is 12.8. The van der Waals surface area contributed by atoms with Crippen LogP contribution in [-0.4, -0.2) is 78.9 Å². The second kappa shape index (κ2) is 15.0. The highest BCUT2D eigenvalue weighted by molar-refractivity contribution is 8.77. The van der Waals surface area contributed by atoms with Crippen LogP contribution in [0.1, 0.15) is 54.4 Å². The van der Waals surface area contributed by atoms with Crippen LogP contribution in [0.2, 0.25) is 0 Å². The minimum absolute atomic E-state index is 0.0775. The highest BCUT2D eigenvalue weighted by atomic mass is 33.1. The molecular formula is C21H36N2O9S2. The standard InChI is InChI=1S/C21H36N2O9S2/c1-20(2,3)32-19(28)22-13(17(26)30-8)11-31-18(27)23-14(12-33-34-21(4,5)6)15(24)9-10-16(25)29-7/h13-14H,9-12H2,1-8H3,(H,22,28)(H,23,27)/t13-,14-/m0/s1. The maximum atomic E-state index is 12.6. The first-order valence-electron chi connectivity index (χ1n) is 10.5. The number of Topliss-reactive ketones (excluding diaryl/α,β-unsaturated/α-hetero) is 1. The van der Waals surface area contributed by atoms with Gasteiger partial charge in [-0.1, -0.05) is 42.4 Å². The molecule has 0 spiro atoms. The van der Waals surface area contributed by atoms with Crippen molar-refractivity contribution in [1.29, 1.82) is 0 Å². The third-order valence-corrected chi connectivity index (χ3v) is 6.93. The number of methoxy groups -OCH3 is 2. The highest BCUT2D eigenvalue weighted by Gasteiger charge is 2.28. The van der Waals surface area contributed by atoms with E-state index in [2.05, 4.69) is 20.1 Å². The van der Waals surface area contributed by atoms with Gasteiger partial charge in [0.05, 0.1) is 20.6 Å². The van der Waals surface area contributed by atoms with Crippen molar-refractivity contribution in [3.05, 3.63) is 0 Å². The molecule has 0 saturated heterocycles. The quantitative estimate of drug-likeness (QED) is 0.221. The first-order chi connectivity index (χ1) is 15.6. The molecule has 0 aromatic heterocycles. The maximum absolute atomic E-state index is 12.6. The molecule has 13 heteroatoms. The molecule has 2 N–H and O–H groups in total. The van der Waals surface area contributed by atoms with E-state index in [0.717, 1.165) is 7.11 Å². The fourth-order valence-electron chi connectivity index (χ4n) is 2.10. The number of ketones is 1. The van der Waals surface area contributed by atoms with Crippen LogP contribution in [0.4, 0.5) is 9.59 Å². The maximum Gasteiger partial charge on any atom is 0.408 e. The lowest BCUT2D eigenvalue weighted by Crippen LogP contribution is -2.48. The fourth-order valence-corrected chi connectivity index (χ4v) is 4.60. The summed E-state index contributed by atoms with van der Waals surface area (Å²) >= 11 is 0. The van der Waals surface area contributed by atoms with Crippen LogP contribution < -0.4 is 10.6 Å². The van der Waals surface area contributed by atoms with E-state index in [1.165, 1.54) is 28.7 Å². The van der Waals surface area contributed by atoms with Crippen LogP contribution in [0.3, 0.4) is 0 Å². The van der Waals surface area contributed by atoms with Crippen LogP contribution in [0.15, 0.2) is 0 Å². The van der Waals surface area contributed by atoms with Gasteiger partial charge in [0.2, 0.25) is 0 Å². The van der Waals surface area contributed by atoms with E-state index < -0.39 is 48.4 Å². The number of ether oxygens (including phenoxy) is 4. The number of hydrogen-bond donors (Lipinski definition) is 2. The molecule has 0 bridgehead atoms. The van der Waals surface area contributed by atoms with Gasteiger partial charge in [0.25, 0.3) is 0 Å². The molecule has 2 atom stereocenters. The molecule has 0 heterocycles. The van der Waals surface area contributed by atoms with Crippen molar-refractivity contribution in [1.82, 2.24) is 10.6 Å². The number of hydrogen-bond acceptors (Lipinski definition) is 11. The summed E-state index contributed by atoms with van der Waals surface area (Å²) in [7, 11) is 5.26. The molecular weight excluding hydrogens is 488 g/mol. The number of amides is 2. The molecule has 0 saturated carbocycles. The Bertz CT molecular complexity index is 718. The highest BCUT2D eigenvalue weighted by Crippen LogP contribution is 2.35. The average Bonchev–Trinajstić information content (AvgIpc) is 2.71. The Kier molecular flexibility index (Phi) is 14.0. The van der Waals surface area contributed by atoms with Gasteiger partial charge < -0.3 is 29.6 Å². The van der Waals surface area contributed by atoms with E-state index in [-0.39, 0.29) is 29.1 Å². The molecule has 2 amide bonds. The third-order valence-electron chi connectivity index (χ3n) is 3.59. The van der Waals surface area contributed by atoms with Crippen LogP contribution in [0.25, 0.3) is 0 Å². The van der Waals surface area contributed by atoms with Gasteiger partial charge in [-0.3, -0.25) is 9.59 Å². The summed E-state index contributed by atoms with van der Waals surface area (Å²) in [6.45, 7) is 10.4. The van der Waals surface area contributed by atoms with Crippen molar-refractivity contribution in [2.45, 2.75) is 76.8 Å². The molecule has 0 rings (SSSR count). The second-order valence-corrected chi connectivity index (χ2v) is 12.2. The molecule has 11 nitrogen and oxygen atoms in total.